The Morgan fingerprint density at radius 2 is 1.08 bits per heavy atom. The predicted octanol–water partition coefficient (Wildman–Crippen LogP) is 5.24. The van der Waals surface area contributed by atoms with E-state index in [0.29, 0.717) is 12.9 Å². The third-order valence-electron chi connectivity index (χ3n) is 6.82. The van der Waals surface area contributed by atoms with Crippen LogP contribution >= 0.6 is 0 Å². The Morgan fingerprint density at radius 3 is 1.58 bits per heavy atom. The van der Waals surface area contributed by atoms with E-state index < -0.39 is 0 Å². The highest BCUT2D eigenvalue weighted by atomic mass is 16.7. The number of ether oxygens (including phenoxy) is 3. The standard InChI is InChI=1S/C22H38O4/c1-16-3-9-19(10-4-16)24-15-25-20-13-7-18(8-14-20)22(23)26-21-11-5-17(2)6-12-21/h16-21H,3-15H2,1-2H3. The minimum Gasteiger partial charge on any atom is -0.462 e. The zero-order valence-electron chi connectivity index (χ0n) is 16.8. The van der Waals surface area contributed by atoms with Crippen LogP contribution in [0.1, 0.15) is 90.9 Å². The van der Waals surface area contributed by atoms with Gasteiger partial charge in [0.25, 0.3) is 0 Å². The largest absolute Gasteiger partial charge is 0.462 e. The molecule has 0 atom stereocenters. The zero-order chi connectivity index (χ0) is 18.4. The molecule has 4 heteroatoms. The molecule has 0 aromatic carbocycles. The molecule has 3 aliphatic rings. The van der Waals surface area contributed by atoms with E-state index in [1.54, 1.807) is 0 Å². The number of esters is 1. The lowest BCUT2D eigenvalue weighted by Crippen LogP contribution is -2.32. The lowest BCUT2D eigenvalue weighted by atomic mass is 9.86. The zero-order valence-corrected chi connectivity index (χ0v) is 16.8. The van der Waals surface area contributed by atoms with Gasteiger partial charge in [-0.2, -0.15) is 0 Å². The van der Waals surface area contributed by atoms with E-state index in [9.17, 15) is 4.79 Å². The van der Waals surface area contributed by atoms with Crippen LogP contribution in [0.25, 0.3) is 0 Å². The van der Waals surface area contributed by atoms with Gasteiger partial charge < -0.3 is 14.2 Å². The molecule has 4 nitrogen and oxygen atoms in total. The molecule has 0 aromatic rings. The average Bonchev–Trinajstić information content (AvgIpc) is 2.66. The molecule has 0 spiro atoms. The maximum Gasteiger partial charge on any atom is 0.309 e. The van der Waals surface area contributed by atoms with E-state index in [4.69, 9.17) is 14.2 Å². The molecule has 0 heterocycles. The van der Waals surface area contributed by atoms with Gasteiger partial charge in [-0.15, -0.1) is 0 Å². The van der Waals surface area contributed by atoms with Crippen molar-refractivity contribution in [3.8, 4) is 0 Å². The summed E-state index contributed by atoms with van der Waals surface area (Å²) in [6, 6.07) is 0. The Morgan fingerprint density at radius 1 is 0.654 bits per heavy atom. The molecule has 0 bridgehead atoms. The van der Waals surface area contributed by atoms with Crippen molar-refractivity contribution in [2.45, 2.75) is 109 Å². The predicted molar refractivity (Wildman–Crippen MR) is 102 cm³/mol. The first-order valence-electron chi connectivity index (χ1n) is 11.0. The molecule has 0 aromatic heterocycles. The van der Waals surface area contributed by atoms with Crippen LogP contribution in [-0.2, 0) is 19.0 Å². The molecule has 3 rings (SSSR count). The summed E-state index contributed by atoms with van der Waals surface area (Å²) in [6.45, 7) is 5.03. The number of carbonyl (C=O) groups is 1. The van der Waals surface area contributed by atoms with Gasteiger partial charge in [0.05, 0.1) is 18.1 Å². The van der Waals surface area contributed by atoms with Gasteiger partial charge in [0.1, 0.15) is 12.9 Å². The number of hydrogen-bond donors (Lipinski definition) is 0. The highest BCUT2D eigenvalue weighted by molar-refractivity contribution is 5.72. The molecule has 0 aliphatic heterocycles. The number of rotatable bonds is 6. The molecular formula is C22H38O4. The topological polar surface area (TPSA) is 44.8 Å². The molecule has 0 unspecified atom stereocenters. The Hall–Kier alpha value is -0.610. The van der Waals surface area contributed by atoms with Crippen molar-refractivity contribution in [3.05, 3.63) is 0 Å². The average molecular weight is 367 g/mol. The normalized spacial score (nSPS) is 38.7. The Labute approximate surface area is 159 Å². The molecule has 0 amide bonds. The summed E-state index contributed by atoms with van der Waals surface area (Å²) in [7, 11) is 0. The fourth-order valence-corrected chi connectivity index (χ4v) is 4.70. The lowest BCUT2D eigenvalue weighted by molar-refractivity contribution is -0.161. The van der Waals surface area contributed by atoms with Gasteiger partial charge in [0.15, 0.2) is 0 Å². The summed E-state index contributed by atoms with van der Waals surface area (Å²) >= 11 is 0. The Bertz CT molecular complexity index is 414. The molecule has 0 N–H and O–H groups in total. The molecular weight excluding hydrogens is 328 g/mol. The monoisotopic (exact) mass is 366 g/mol. The van der Waals surface area contributed by atoms with E-state index in [1.165, 1.54) is 38.5 Å². The van der Waals surface area contributed by atoms with E-state index in [1.807, 2.05) is 0 Å². The van der Waals surface area contributed by atoms with Crippen molar-refractivity contribution in [2.75, 3.05) is 6.79 Å². The van der Waals surface area contributed by atoms with Crippen molar-refractivity contribution in [3.63, 3.8) is 0 Å². The SMILES string of the molecule is CC1CCC(OCOC2CCC(C(=O)OC3CCC(C)CC3)CC2)CC1. The van der Waals surface area contributed by atoms with Gasteiger partial charge in [-0.1, -0.05) is 13.8 Å². The van der Waals surface area contributed by atoms with E-state index in [2.05, 4.69) is 13.8 Å². The second kappa shape index (κ2) is 10.1. The summed E-state index contributed by atoms with van der Waals surface area (Å²) in [5.41, 5.74) is 0. The molecule has 150 valence electrons. The van der Waals surface area contributed by atoms with Gasteiger partial charge in [0, 0.05) is 0 Å². The maximum absolute atomic E-state index is 12.4. The molecule has 0 saturated heterocycles. The van der Waals surface area contributed by atoms with Crippen molar-refractivity contribution < 1.29 is 19.0 Å². The first-order valence-corrected chi connectivity index (χ1v) is 11.0. The van der Waals surface area contributed by atoms with Crippen LogP contribution in [0.15, 0.2) is 0 Å². The fourth-order valence-electron chi connectivity index (χ4n) is 4.70. The first-order chi connectivity index (χ1) is 12.6. The summed E-state index contributed by atoms with van der Waals surface area (Å²) in [5.74, 6) is 1.75. The smallest absolute Gasteiger partial charge is 0.309 e. The summed E-state index contributed by atoms with van der Waals surface area (Å²) < 4.78 is 17.6. The molecule has 3 aliphatic carbocycles. The van der Waals surface area contributed by atoms with Crippen molar-refractivity contribution in [2.24, 2.45) is 17.8 Å². The quantitative estimate of drug-likeness (QED) is 0.476. The van der Waals surface area contributed by atoms with Gasteiger partial charge in [0.2, 0.25) is 0 Å². The third kappa shape index (κ3) is 6.23. The number of hydrogen-bond acceptors (Lipinski definition) is 4. The van der Waals surface area contributed by atoms with E-state index in [0.717, 1.165) is 50.4 Å². The molecule has 0 radical (unpaired) electrons. The van der Waals surface area contributed by atoms with Crippen LogP contribution < -0.4 is 0 Å². The lowest BCUT2D eigenvalue weighted by Gasteiger charge is -2.31. The highest BCUT2D eigenvalue weighted by Gasteiger charge is 2.30. The third-order valence-corrected chi connectivity index (χ3v) is 6.82. The minimum absolute atomic E-state index is 0.0376. The van der Waals surface area contributed by atoms with E-state index >= 15 is 0 Å². The van der Waals surface area contributed by atoms with Crippen LogP contribution in [0.3, 0.4) is 0 Å². The summed E-state index contributed by atoms with van der Waals surface area (Å²) in [6.07, 6.45) is 13.9. The van der Waals surface area contributed by atoms with Crippen molar-refractivity contribution in [1.82, 2.24) is 0 Å². The van der Waals surface area contributed by atoms with Gasteiger partial charge in [-0.3, -0.25) is 4.79 Å². The Balaban J connectivity index is 1.27. The number of carbonyl (C=O) groups excluding carboxylic acids is 1. The summed E-state index contributed by atoms with van der Waals surface area (Å²) in [4.78, 5) is 12.4. The van der Waals surface area contributed by atoms with Crippen LogP contribution in [0.2, 0.25) is 0 Å². The molecule has 3 fully saturated rings. The van der Waals surface area contributed by atoms with Gasteiger partial charge in [-0.05, 0) is 88.9 Å². The van der Waals surface area contributed by atoms with Gasteiger partial charge in [-0.25, -0.2) is 0 Å². The van der Waals surface area contributed by atoms with Crippen molar-refractivity contribution >= 4 is 5.97 Å². The summed E-state index contributed by atoms with van der Waals surface area (Å²) in [5, 5.41) is 0. The van der Waals surface area contributed by atoms with E-state index in [-0.39, 0.29) is 24.1 Å². The first kappa shape index (κ1) is 20.1. The van der Waals surface area contributed by atoms with Crippen LogP contribution in [0, 0.1) is 17.8 Å². The second-order valence-corrected chi connectivity index (χ2v) is 9.13. The highest BCUT2D eigenvalue weighted by Crippen LogP contribution is 2.31. The minimum atomic E-state index is 0.0376. The van der Waals surface area contributed by atoms with Crippen molar-refractivity contribution in [1.29, 1.82) is 0 Å². The van der Waals surface area contributed by atoms with Crippen LogP contribution in [0.4, 0.5) is 0 Å². The maximum atomic E-state index is 12.4. The van der Waals surface area contributed by atoms with Crippen LogP contribution in [0.5, 0.6) is 0 Å². The molecule has 26 heavy (non-hydrogen) atoms. The molecule has 3 saturated carbocycles. The van der Waals surface area contributed by atoms with Crippen LogP contribution in [-0.4, -0.2) is 31.1 Å². The fraction of sp³-hybridized carbons (Fsp3) is 0.955. The Kier molecular flexibility index (Phi) is 7.80. The van der Waals surface area contributed by atoms with Gasteiger partial charge >= 0.3 is 5.97 Å². The second-order valence-electron chi connectivity index (χ2n) is 9.13.